The van der Waals surface area contributed by atoms with Crippen molar-refractivity contribution in [2.45, 2.75) is 164 Å². The first kappa shape index (κ1) is 32.5. The van der Waals surface area contributed by atoms with Crippen LogP contribution in [0, 0.1) is 29.6 Å². The summed E-state index contributed by atoms with van der Waals surface area (Å²) in [6, 6.07) is 0. The smallest absolute Gasteiger partial charge is 0.306 e. The van der Waals surface area contributed by atoms with Gasteiger partial charge in [-0.1, -0.05) is 138 Å². The molecule has 0 saturated carbocycles. The summed E-state index contributed by atoms with van der Waals surface area (Å²) in [6.45, 7) is 13.6. The molecule has 0 aromatic rings. The molecule has 0 heterocycles. The normalized spacial score (nSPS) is 16.3. The van der Waals surface area contributed by atoms with E-state index in [0.29, 0.717) is 11.8 Å². The quantitative estimate of drug-likeness (QED) is 0.144. The van der Waals surface area contributed by atoms with Gasteiger partial charge in [-0.3, -0.25) is 4.79 Å². The lowest BCUT2D eigenvalue weighted by Gasteiger charge is -2.23. The van der Waals surface area contributed by atoms with Crippen LogP contribution < -0.4 is 0 Å². The highest BCUT2D eigenvalue weighted by atomic mass is 16.4. The molecule has 33 heavy (non-hydrogen) atoms. The van der Waals surface area contributed by atoms with Gasteiger partial charge in [-0.05, 0) is 49.4 Å². The summed E-state index contributed by atoms with van der Waals surface area (Å²) in [5.74, 6) is 1.96. The van der Waals surface area contributed by atoms with Gasteiger partial charge in [0.2, 0.25) is 0 Å². The van der Waals surface area contributed by atoms with Crippen LogP contribution in [-0.2, 0) is 4.79 Å². The second-order valence-electron chi connectivity index (χ2n) is 12.0. The van der Waals surface area contributed by atoms with Gasteiger partial charge in [0.15, 0.2) is 0 Å². The van der Waals surface area contributed by atoms with Crippen LogP contribution in [0.5, 0.6) is 0 Å². The molecule has 0 spiro atoms. The van der Waals surface area contributed by atoms with Crippen molar-refractivity contribution in [1.82, 2.24) is 0 Å². The Bertz CT molecular complexity index is 433. The first-order chi connectivity index (χ1) is 15.8. The van der Waals surface area contributed by atoms with Crippen molar-refractivity contribution >= 4 is 5.97 Å². The van der Waals surface area contributed by atoms with Gasteiger partial charge in [0, 0.05) is 0 Å². The number of carbonyl (C=O) groups is 1. The van der Waals surface area contributed by atoms with Gasteiger partial charge in [0.05, 0.1) is 5.92 Å². The summed E-state index contributed by atoms with van der Waals surface area (Å²) in [7, 11) is 0. The summed E-state index contributed by atoms with van der Waals surface area (Å²) >= 11 is 0. The summed E-state index contributed by atoms with van der Waals surface area (Å²) in [5, 5.41) is 9.11. The Morgan fingerprint density at radius 2 is 0.848 bits per heavy atom. The topological polar surface area (TPSA) is 37.3 Å². The summed E-state index contributed by atoms with van der Waals surface area (Å²) in [4.78, 5) is 11.1. The highest BCUT2D eigenvalue weighted by Crippen LogP contribution is 2.28. The van der Waals surface area contributed by atoms with Crippen LogP contribution in [0.1, 0.15) is 164 Å². The summed E-state index contributed by atoms with van der Waals surface area (Å²) in [5.41, 5.74) is 0. The van der Waals surface area contributed by atoms with Gasteiger partial charge in [-0.15, -0.1) is 0 Å². The van der Waals surface area contributed by atoms with Crippen molar-refractivity contribution in [3.05, 3.63) is 0 Å². The molecule has 0 bridgehead atoms. The molecule has 1 N–H and O–H groups in total. The van der Waals surface area contributed by atoms with Gasteiger partial charge in [0.25, 0.3) is 0 Å². The number of hydrogen-bond acceptors (Lipinski definition) is 1. The fraction of sp³-hybridized carbons (Fsp3) is 0.968. The largest absolute Gasteiger partial charge is 0.481 e. The maximum atomic E-state index is 11.1. The fourth-order valence-electron chi connectivity index (χ4n) is 5.86. The zero-order valence-corrected chi connectivity index (χ0v) is 23.7. The number of carboxylic acid groups (broad SMARTS) is 1. The maximum Gasteiger partial charge on any atom is 0.306 e. The monoisotopic (exact) mass is 466 g/mol. The van der Waals surface area contributed by atoms with Crippen molar-refractivity contribution in [3.8, 4) is 0 Å². The molecule has 198 valence electrons. The van der Waals surface area contributed by atoms with E-state index >= 15 is 0 Å². The molecule has 0 fully saturated rings. The third kappa shape index (κ3) is 21.7. The first-order valence-corrected chi connectivity index (χ1v) is 15.0. The molecule has 0 aliphatic rings. The number of aliphatic carboxylic acids is 1. The van der Waals surface area contributed by atoms with Crippen LogP contribution in [0.4, 0.5) is 0 Å². The molecule has 2 heteroatoms. The van der Waals surface area contributed by atoms with Gasteiger partial charge in [-0.25, -0.2) is 0 Å². The van der Waals surface area contributed by atoms with E-state index in [1.807, 2.05) is 6.92 Å². The number of unbranched alkanes of at least 4 members (excludes halogenated alkanes) is 13. The van der Waals surface area contributed by atoms with Crippen molar-refractivity contribution in [3.63, 3.8) is 0 Å². The lowest BCUT2D eigenvalue weighted by Crippen LogP contribution is -2.16. The summed E-state index contributed by atoms with van der Waals surface area (Å²) in [6.07, 6.45) is 26.1. The third-order valence-corrected chi connectivity index (χ3v) is 7.64. The number of carboxylic acids is 1. The van der Waals surface area contributed by atoms with E-state index in [2.05, 4.69) is 34.6 Å². The molecular weight excluding hydrogens is 404 g/mol. The van der Waals surface area contributed by atoms with Crippen molar-refractivity contribution in [2.75, 3.05) is 0 Å². The lowest BCUT2D eigenvalue weighted by atomic mass is 9.82. The van der Waals surface area contributed by atoms with Crippen LogP contribution in [0.25, 0.3) is 0 Å². The zero-order chi connectivity index (χ0) is 24.9. The second-order valence-corrected chi connectivity index (χ2v) is 12.0. The number of rotatable bonds is 24. The molecule has 0 aromatic heterocycles. The van der Waals surface area contributed by atoms with Crippen LogP contribution in [0.3, 0.4) is 0 Å². The van der Waals surface area contributed by atoms with E-state index in [-0.39, 0.29) is 5.92 Å². The maximum absolute atomic E-state index is 11.1. The molecule has 0 aliphatic carbocycles. The Morgan fingerprint density at radius 3 is 1.24 bits per heavy atom. The minimum Gasteiger partial charge on any atom is -0.481 e. The van der Waals surface area contributed by atoms with Crippen LogP contribution in [0.15, 0.2) is 0 Å². The minimum absolute atomic E-state index is 0.213. The predicted molar refractivity (Wildman–Crippen MR) is 147 cm³/mol. The van der Waals surface area contributed by atoms with Crippen LogP contribution in [0.2, 0.25) is 0 Å². The van der Waals surface area contributed by atoms with Crippen LogP contribution >= 0.6 is 0 Å². The zero-order valence-electron chi connectivity index (χ0n) is 23.7. The van der Waals surface area contributed by atoms with Crippen LogP contribution in [-0.4, -0.2) is 11.1 Å². The lowest BCUT2D eigenvalue weighted by molar-refractivity contribution is -0.141. The highest BCUT2D eigenvalue weighted by molar-refractivity contribution is 5.69. The molecular formula is C31H62O2. The van der Waals surface area contributed by atoms with E-state index in [1.54, 1.807) is 0 Å². The molecule has 0 rings (SSSR count). The Balaban J connectivity index is 3.58. The molecule has 0 amide bonds. The third-order valence-electron chi connectivity index (χ3n) is 7.64. The molecule has 0 aliphatic heterocycles. The van der Waals surface area contributed by atoms with Crippen molar-refractivity contribution in [2.24, 2.45) is 29.6 Å². The van der Waals surface area contributed by atoms with Gasteiger partial charge >= 0.3 is 5.97 Å². The van der Waals surface area contributed by atoms with Crippen molar-refractivity contribution < 1.29 is 9.90 Å². The molecule has 0 aromatic carbocycles. The van der Waals surface area contributed by atoms with E-state index < -0.39 is 5.97 Å². The highest BCUT2D eigenvalue weighted by Gasteiger charge is 2.19. The molecule has 0 saturated heterocycles. The van der Waals surface area contributed by atoms with E-state index in [9.17, 15) is 4.79 Å². The Morgan fingerprint density at radius 1 is 0.515 bits per heavy atom. The van der Waals surface area contributed by atoms with Gasteiger partial charge < -0.3 is 5.11 Å². The predicted octanol–water partition coefficient (Wildman–Crippen LogP) is 10.7. The van der Waals surface area contributed by atoms with Gasteiger partial charge in [0.1, 0.15) is 0 Å². The van der Waals surface area contributed by atoms with E-state index in [1.165, 1.54) is 109 Å². The summed E-state index contributed by atoms with van der Waals surface area (Å²) < 4.78 is 0. The van der Waals surface area contributed by atoms with E-state index in [4.69, 9.17) is 5.11 Å². The van der Waals surface area contributed by atoms with E-state index in [0.717, 1.165) is 24.7 Å². The Labute approximate surface area is 209 Å². The first-order valence-electron chi connectivity index (χ1n) is 15.0. The number of hydrogen-bond donors (Lipinski definition) is 1. The fourth-order valence-corrected chi connectivity index (χ4v) is 5.86. The average Bonchev–Trinajstić information content (AvgIpc) is 2.73. The molecule has 2 nitrogen and oxygen atoms in total. The van der Waals surface area contributed by atoms with Crippen molar-refractivity contribution in [1.29, 1.82) is 0 Å². The Kier molecular flexibility index (Phi) is 21.6. The Hall–Kier alpha value is -0.530. The van der Waals surface area contributed by atoms with Gasteiger partial charge in [-0.2, -0.15) is 0 Å². The SMILES string of the molecule is CCCCCCCCCCCCCCCCC(C)CC(C)CC(C)CC(C)CC(C)C(=O)O. The standard InChI is InChI=1S/C31H62O2/c1-7-8-9-10-11-12-13-14-15-16-17-18-19-20-21-26(2)22-27(3)23-28(4)24-29(5)25-30(6)31(32)33/h26-30H,7-25H2,1-6H3,(H,32,33). The minimum atomic E-state index is -0.653. The average molecular weight is 467 g/mol. The second kappa shape index (κ2) is 22.0. The molecule has 0 radical (unpaired) electrons. The molecule has 5 atom stereocenters. The molecule has 5 unspecified atom stereocenters.